The van der Waals surface area contributed by atoms with E-state index in [2.05, 4.69) is 16.1 Å². The lowest BCUT2D eigenvalue weighted by Gasteiger charge is -2.29. The van der Waals surface area contributed by atoms with Crippen LogP contribution in [0.1, 0.15) is 56.1 Å². The fraction of sp³-hybridized carbons (Fsp3) is 0.448. The number of carbonyl (C=O) groups excluding carboxylic acids is 1. The van der Waals surface area contributed by atoms with Gasteiger partial charge in [0.15, 0.2) is 0 Å². The molecule has 182 valence electrons. The molecule has 0 radical (unpaired) electrons. The van der Waals surface area contributed by atoms with Crippen LogP contribution >= 0.6 is 0 Å². The lowest BCUT2D eigenvalue weighted by molar-refractivity contribution is -0.123. The number of halogens is 1. The highest BCUT2D eigenvalue weighted by Crippen LogP contribution is 2.48. The van der Waals surface area contributed by atoms with Crippen molar-refractivity contribution < 1.29 is 9.18 Å². The normalized spacial score (nSPS) is 23.3. The lowest BCUT2D eigenvalue weighted by Crippen LogP contribution is -2.44. The number of fused-ring (bicyclic) bond motifs is 2. The van der Waals surface area contributed by atoms with Crippen LogP contribution in [0.4, 0.5) is 10.1 Å². The Morgan fingerprint density at radius 1 is 1.06 bits per heavy atom. The van der Waals surface area contributed by atoms with E-state index in [0.29, 0.717) is 11.6 Å². The van der Waals surface area contributed by atoms with E-state index >= 15 is 4.39 Å². The van der Waals surface area contributed by atoms with Crippen molar-refractivity contribution in [3.05, 3.63) is 71.8 Å². The van der Waals surface area contributed by atoms with Gasteiger partial charge in [-0.2, -0.15) is 5.10 Å². The van der Waals surface area contributed by atoms with Gasteiger partial charge in [-0.25, -0.2) is 4.39 Å². The second-order valence-electron chi connectivity index (χ2n) is 10.6. The van der Waals surface area contributed by atoms with E-state index in [4.69, 9.17) is 0 Å². The molecular weight excluding hydrogens is 439 g/mol. The first-order valence-electron chi connectivity index (χ1n) is 13.0. The minimum atomic E-state index is -0.505. The van der Waals surface area contributed by atoms with Gasteiger partial charge in [-0.1, -0.05) is 56.0 Å². The van der Waals surface area contributed by atoms with Gasteiger partial charge < -0.3 is 4.90 Å². The van der Waals surface area contributed by atoms with E-state index in [9.17, 15) is 4.79 Å². The van der Waals surface area contributed by atoms with Crippen molar-refractivity contribution >= 4 is 11.6 Å². The van der Waals surface area contributed by atoms with Gasteiger partial charge in [0.1, 0.15) is 5.82 Å². The standard InChI is InChI=1S/C29H33FN4O/c1-32-18-23(17-31-32)21-12-13-22(26(30)16-21)19-34-27-11-7-6-10-25(27)29(28(34)35)14-15-33(20-29)24-8-4-2-3-5-9-24/h6-7,10-13,16-18,24H,2-5,8-9,14-15,19-20H2,1H3. The lowest BCUT2D eigenvalue weighted by atomic mass is 9.81. The molecule has 3 heterocycles. The maximum Gasteiger partial charge on any atom is 0.239 e. The molecule has 6 rings (SSSR count). The van der Waals surface area contributed by atoms with Gasteiger partial charge in [-0.05, 0) is 49.1 Å². The number of benzene rings is 2. The van der Waals surface area contributed by atoms with Crippen LogP contribution < -0.4 is 4.90 Å². The maximum absolute atomic E-state index is 15.2. The molecule has 1 spiro atoms. The molecule has 1 unspecified atom stereocenters. The monoisotopic (exact) mass is 472 g/mol. The number of amides is 1. The molecule has 2 aliphatic heterocycles. The molecule has 5 nitrogen and oxygen atoms in total. The molecule has 1 atom stereocenters. The quantitative estimate of drug-likeness (QED) is 0.475. The van der Waals surface area contributed by atoms with E-state index in [0.717, 1.165) is 41.9 Å². The van der Waals surface area contributed by atoms with Crippen LogP contribution in [0.5, 0.6) is 0 Å². The number of anilines is 1. The molecule has 1 aromatic heterocycles. The van der Waals surface area contributed by atoms with Gasteiger partial charge in [0.05, 0.1) is 18.2 Å². The van der Waals surface area contributed by atoms with Crippen molar-refractivity contribution in [3.8, 4) is 11.1 Å². The van der Waals surface area contributed by atoms with Crippen LogP contribution in [0.15, 0.2) is 54.9 Å². The zero-order valence-corrected chi connectivity index (χ0v) is 20.4. The fourth-order valence-corrected chi connectivity index (χ4v) is 6.52. The second-order valence-corrected chi connectivity index (χ2v) is 10.6. The van der Waals surface area contributed by atoms with Crippen molar-refractivity contribution in [2.24, 2.45) is 7.05 Å². The van der Waals surface area contributed by atoms with E-state index in [1.807, 2.05) is 48.5 Å². The van der Waals surface area contributed by atoms with Crippen LogP contribution in [-0.2, 0) is 23.8 Å². The number of rotatable bonds is 4. The number of hydrogen-bond donors (Lipinski definition) is 0. The van der Waals surface area contributed by atoms with Crippen LogP contribution in [-0.4, -0.2) is 39.7 Å². The smallest absolute Gasteiger partial charge is 0.239 e. The third kappa shape index (κ3) is 3.88. The summed E-state index contributed by atoms with van der Waals surface area (Å²) in [5.41, 5.74) is 3.76. The van der Waals surface area contributed by atoms with E-state index in [-0.39, 0.29) is 18.3 Å². The summed E-state index contributed by atoms with van der Waals surface area (Å²) in [6.07, 6.45) is 12.2. The fourth-order valence-electron chi connectivity index (χ4n) is 6.52. The largest absolute Gasteiger partial charge is 0.307 e. The number of carbonyl (C=O) groups is 1. The van der Waals surface area contributed by atoms with E-state index in [1.54, 1.807) is 16.9 Å². The van der Waals surface area contributed by atoms with Gasteiger partial charge in [-0.15, -0.1) is 0 Å². The van der Waals surface area contributed by atoms with Crippen LogP contribution in [0.2, 0.25) is 0 Å². The Morgan fingerprint density at radius 3 is 2.60 bits per heavy atom. The average Bonchev–Trinajstić information content (AvgIpc) is 3.48. The van der Waals surface area contributed by atoms with Gasteiger partial charge in [0, 0.05) is 42.6 Å². The third-order valence-electron chi connectivity index (χ3n) is 8.42. The van der Waals surface area contributed by atoms with Crippen molar-refractivity contribution in [3.63, 3.8) is 0 Å². The zero-order valence-electron chi connectivity index (χ0n) is 20.4. The summed E-state index contributed by atoms with van der Waals surface area (Å²) in [4.78, 5) is 18.5. The third-order valence-corrected chi connectivity index (χ3v) is 8.42. The summed E-state index contributed by atoms with van der Waals surface area (Å²) in [7, 11) is 1.85. The average molecular weight is 473 g/mol. The molecule has 6 heteroatoms. The summed E-state index contributed by atoms with van der Waals surface area (Å²) in [5.74, 6) is -0.158. The van der Waals surface area contributed by atoms with Crippen LogP contribution in [0, 0.1) is 5.82 Å². The molecule has 1 saturated carbocycles. The summed E-state index contributed by atoms with van der Waals surface area (Å²) >= 11 is 0. The maximum atomic E-state index is 15.2. The number of likely N-dealkylation sites (tertiary alicyclic amines) is 1. The van der Waals surface area contributed by atoms with Crippen molar-refractivity contribution in [1.82, 2.24) is 14.7 Å². The Bertz CT molecular complexity index is 1240. The van der Waals surface area contributed by atoms with Gasteiger partial charge >= 0.3 is 0 Å². The second kappa shape index (κ2) is 8.90. The minimum absolute atomic E-state index is 0.130. The predicted octanol–water partition coefficient (Wildman–Crippen LogP) is 5.44. The molecular formula is C29H33FN4O. The number of para-hydroxylation sites is 1. The summed E-state index contributed by atoms with van der Waals surface area (Å²) < 4.78 is 16.9. The predicted molar refractivity (Wildman–Crippen MR) is 136 cm³/mol. The number of nitrogens with zero attached hydrogens (tertiary/aromatic N) is 4. The number of aryl methyl sites for hydroxylation is 1. The topological polar surface area (TPSA) is 41.4 Å². The minimum Gasteiger partial charge on any atom is -0.307 e. The summed E-state index contributed by atoms with van der Waals surface area (Å²) in [6.45, 7) is 2.00. The van der Waals surface area contributed by atoms with Crippen LogP contribution in [0.25, 0.3) is 11.1 Å². The Hall–Kier alpha value is -2.99. The Balaban J connectivity index is 1.27. The molecule has 2 fully saturated rings. The molecule has 1 aliphatic carbocycles. The Morgan fingerprint density at radius 2 is 1.86 bits per heavy atom. The molecule has 1 saturated heterocycles. The van der Waals surface area contributed by atoms with Crippen LogP contribution in [0.3, 0.4) is 0 Å². The molecule has 0 bridgehead atoms. The SMILES string of the molecule is Cn1cc(-c2ccc(CN3C(=O)C4(CCN(C5CCCCCC5)C4)c4ccccc43)c(F)c2)cn1. The number of aromatic nitrogens is 2. The first-order chi connectivity index (χ1) is 17.0. The summed E-state index contributed by atoms with van der Waals surface area (Å²) in [6, 6.07) is 14.0. The van der Waals surface area contributed by atoms with Crippen molar-refractivity contribution in [2.75, 3.05) is 18.0 Å². The zero-order chi connectivity index (χ0) is 24.0. The molecule has 3 aliphatic rings. The van der Waals surface area contributed by atoms with Gasteiger partial charge in [-0.3, -0.25) is 14.4 Å². The first kappa shape index (κ1) is 22.5. The molecule has 3 aromatic rings. The Labute approximate surface area is 206 Å². The molecule has 35 heavy (non-hydrogen) atoms. The van der Waals surface area contributed by atoms with Gasteiger partial charge in [0.2, 0.25) is 5.91 Å². The Kier molecular flexibility index (Phi) is 5.72. The van der Waals surface area contributed by atoms with Gasteiger partial charge in [0.25, 0.3) is 0 Å². The van der Waals surface area contributed by atoms with Crippen molar-refractivity contribution in [2.45, 2.75) is 62.9 Å². The highest BCUT2D eigenvalue weighted by Gasteiger charge is 2.54. The highest BCUT2D eigenvalue weighted by molar-refractivity contribution is 6.08. The molecule has 2 aromatic carbocycles. The highest BCUT2D eigenvalue weighted by atomic mass is 19.1. The molecule has 0 N–H and O–H groups in total. The van der Waals surface area contributed by atoms with E-state index < -0.39 is 5.41 Å². The van der Waals surface area contributed by atoms with E-state index in [1.165, 1.54) is 38.5 Å². The summed E-state index contributed by atoms with van der Waals surface area (Å²) in [5, 5.41) is 4.19. The molecule has 1 amide bonds. The number of hydrogen-bond acceptors (Lipinski definition) is 3. The first-order valence-corrected chi connectivity index (χ1v) is 13.0. The van der Waals surface area contributed by atoms with Crippen molar-refractivity contribution in [1.29, 1.82) is 0 Å².